The standard InChI is InChI=1S/C23H20FNO3/c1-27-23(21-5-3-2-4-17(21)14-22(23)25-26)15-16-6-10-19(11-7-16)28-20-12-8-18(24)9-13-20/h2-13,26H,14-15H2,1H3/b25-22+. The molecule has 0 spiro atoms. The van der Waals surface area contributed by atoms with Crippen molar-refractivity contribution in [3.63, 3.8) is 0 Å². The third-order valence-corrected chi connectivity index (χ3v) is 5.17. The molecule has 0 saturated heterocycles. The summed E-state index contributed by atoms with van der Waals surface area (Å²) in [6.45, 7) is 0. The lowest BCUT2D eigenvalue weighted by Gasteiger charge is -2.29. The van der Waals surface area contributed by atoms with Crippen molar-refractivity contribution in [1.29, 1.82) is 0 Å². The lowest BCUT2D eigenvalue weighted by atomic mass is 9.87. The summed E-state index contributed by atoms with van der Waals surface area (Å²) in [7, 11) is 1.64. The molecule has 0 amide bonds. The van der Waals surface area contributed by atoms with Crippen LogP contribution in [0, 0.1) is 5.82 Å². The number of hydrogen-bond acceptors (Lipinski definition) is 4. The van der Waals surface area contributed by atoms with Crippen molar-refractivity contribution in [2.24, 2.45) is 5.16 Å². The molecule has 0 aliphatic heterocycles. The number of halogens is 1. The van der Waals surface area contributed by atoms with Crippen LogP contribution in [0.1, 0.15) is 16.7 Å². The Hall–Kier alpha value is -3.18. The molecule has 4 nitrogen and oxygen atoms in total. The van der Waals surface area contributed by atoms with E-state index in [1.807, 2.05) is 48.5 Å². The normalized spacial score (nSPS) is 19.6. The highest BCUT2D eigenvalue weighted by atomic mass is 19.1. The first kappa shape index (κ1) is 18.2. The Morgan fingerprint density at radius 3 is 2.25 bits per heavy atom. The van der Waals surface area contributed by atoms with Crippen LogP contribution in [-0.2, 0) is 23.2 Å². The summed E-state index contributed by atoms with van der Waals surface area (Å²) in [5, 5.41) is 13.1. The molecule has 1 N–H and O–H groups in total. The number of ether oxygens (including phenoxy) is 2. The van der Waals surface area contributed by atoms with Crippen molar-refractivity contribution >= 4 is 5.71 Å². The smallest absolute Gasteiger partial charge is 0.139 e. The Bertz CT molecular complexity index is 999. The van der Waals surface area contributed by atoms with Crippen molar-refractivity contribution in [2.75, 3.05) is 7.11 Å². The molecule has 4 rings (SSSR count). The van der Waals surface area contributed by atoms with E-state index in [0.29, 0.717) is 30.1 Å². The molecule has 0 aromatic heterocycles. The second kappa shape index (κ2) is 7.44. The Labute approximate surface area is 162 Å². The fraction of sp³-hybridized carbons (Fsp3) is 0.174. The van der Waals surface area contributed by atoms with E-state index in [9.17, 15) is 9.60 Å². The summed E-state index contributed by atoms with van der Waals surface area (Å²) < 4.78 is 24.7. The Balaban J connectivity index is 1.58. The van der Waals surface area contributed by atoms with Crippen LogP contribution in [0.25, 0.3) is 0 Å². The third kappa shape index (κ3) is 3.25. The van der Waals surface area contributed by atoms with Gasteiger partial charge in [0.2, 0.25) is 0 Å². The van der Waals surface area contributed by atoms with Crippen LogP contribution < -0.4 is 4.74 Å². The van der Waals surface area contributed by atoms with Gasteiger partial charge in [-0.15, -0.1) is 0 Å². The van der Waals surface area contributed by atoms with Gasteiger partial charge in [0.1, 0.15) is 22.9 Å². The van der Waals surface area contributed by atoms with Crippen molar-refractivity contribution in [1.82, 2.24) is 0 Å². The van der Waals surface area contributed by atoms with Crippen molar-refractivity contribution < 1.29 is 19.1 Å². The lowest BCUT2D eigenvalue weighted by Crippen LogP contribution is -2.36. The fourth-order valence-electron chi connectivity index (χ4n) is 3.76. The van der Waals surface area contributed by atoms with Gasteiger partial charge in [-0.3, -0.25) is 0 Å². The molecule has 142 valence electrons. The topological polar surface area (TPSA) is 51.0 Å². The van der Waals surface area contributed by atoms with Crippen LogP contribution >= 0.6 is 0 Å². The maximum atomic E-state index is 13.0. The fourth-order valence-corrected chi connectivity index (χ4v) is 3.76. The SMILES string of the molecule is COC1(Cc2ccc(Oc3ccc(F)cc3)cc2)/C(=N/O)Cc2ccccc21. The Morgan fingerprint density at radius 2 is 1.61 bits per heavy atom. The maximum absolute atomic E-state index is 13.0. The van der Waals surface area contributed by atoms with Crippen molar-refractivity contribution in [2.45, 2.75) is 18.4 Å². The summed E-state index contributed by atoms with van der Waals surface area (Å²) in [4.78, 5) is 0. The number of fused-ring (bicyclic) bond motifs is 1. The van der Waals surface area contributed by atoms with Crippen LogP contribution in [-0.4, -0.2) is 18.0 Å². The van der Waals surface area contributed by atoms with Crippen LogP contribution in [0.2, 0.25) is 0 Å². The zero-order valence-corrected chi connectivity index (χ0v) is 15.4. The minimum absolute atomic E-state index is 0.300. The molecule has 28 heavy (non-hydrogen) atoms. The minimum Gasteiger partial charge on any atom is -0.457 e. The second-order valence-electron chi connectivity index (χ2n) is 6.79. The second-order valence-corrected chi connectivity index (χ2v) is 6.79. The number of rotatable bonds is 5. The molecular formula is C23H20FNO3. The van der Waals surface area contributed by atoms with E-state index in [-0.39, 0.29) is 5.82 Å². The van der Waals surface area contributed by atoms with Gasteiger partial charge in [0, 0.05) is 20.0 Å². The molecule has 0 saturated carbocycles. The van der Waals surface area contributed by atoms with E-state index in [1.165, 1.54) is 12.1 Å². The van der Waals surface area contributed by atoms with Crippen LogP contribution in [0.3, 0.4) is 0 Å². The highest BCUT2D eigenvalue weighted by Gasteiger charge is 2.45. The first-order valence-electron chi connectivity index (χ1n) is 9.02. The van der Waals surface area contributed by atoms with Crippen LogP contribution in [0.4, 0.5) is 4.39 Å². The zero-order chi connectivity index (χ0) is 19.6. The predicted octanol–water partition coefficient (Wildman–Crippen LogP) is 5.09. The summed E-state index contributed by atoms with van der Waals surface area (Å²) in [6, 6.07) is 21.5. The van der Waals surface area contributed by atoms with Gasteiger partial charge in [-0.1, -0.05) is 41.6 Å². The number of nitrogens with zero attached hydrogens (tertiary/aromatic N) is 1. The molecule has 0 radical (unpaired) electrons. The number of oxime groups is 1. The average molecular weight is 377 g/mol. The molecule has 0 fully saturated rings. The number of hydrogen-bond donors (Lipinski definition) is 1. The Kier molecular flexibility index (Phi) is 4.84. The van der Waals surface area contributed by atoms with E-state index in [4.69, 9.17) is 9.47 Å². The first-order chi connectivity index (χ1) is 13.6. The first-order valence-corrected chi connectivity index (χ1v) is 9.02. The average Bonchev–Trinajstić information content (AvgIpc) is 3.05. The zero-order valence-electron chi connectivity index (χ0n) is 15.4. The van der Waals surface area contributed by atoms with E-state index < -0.39 is 5.60 Å². The van der Waals surface area contributed by atoms with E-state index in [0.717, 1.165) is 16.7 Å². The van der Waals surface area contributed by atoms with Crippen molar-refractivity contribution in [3.8, 4) is 11.5 Å². The number of methoxy groups -OCH3 is 1. The molecule has 0 bridgehead atoms. The predicted molar refractivity (Wildman–Crippen MR) is 105 cm³/mol. The summed E-state index contributed by atoms with van der Waals surface area (Å²) in [5.41, 5.74) is 2.96. The molecule has 5 heteroatoms. The van der Waals surface area contributed by atoms with E-state index in [2.05, 4.69) is 5.16 Å². The molecule has 3 aromatic rings. The molecule has 1 aliphatic rings. The summed E-state index contributed by atoms with van der Waals surface area (Å²) >= 11 is 0. The van der Waals surface area contributed by atoms with E-state index in [1.54, 1.807) is 19.2 Å². The monoisotopic (exact) mass is 377 g/mol. The van der Waals surface area contributed by atoms with Gasteiger partial charge >= 0.3 is 0 Å². The molecule has 1 atom stereocenters. The van der Waals surface area contributed by atoms with Gasteiger partial charge in [-0.2, -0.15) is 0 Å². The van der Waals surface area contributed by atoms with Gasteiger partial charge in [-0.05, 0) is 53.1 Å². The summed E-state index contributed by atoms with van der Waals surface area (Å²) in [6.07, 6.45) is 1.10. The number of benzene rings is 3. The van der Waals surface area contributed by atoms with Crippen LogP contribution in [0.5, 0.6) is 11.5 Å². The van der Waals surface area contributed by atoms with Gasteiger partial charge in [0.25, 0.3) is 0 Å². The van der Waals surface area contributed by atoms with Gasteiger partial charge in [0.05, 0.1) is 5.71 Å². The van der Waals surface area contributed by atoms with Gasteiger partial charge in [0.15, 0.2) is 0 Å². The molecule has 1 aliphatic carbocycles. The maximum Gasteiger partial charge on any atom is 0.139 e. The highest BCUT2D eigenvalue weighted by Crippen LogP contribution is 2.40. The highest BCUT2D eigenvalue weighted by molar-refractivity contribution is 5.99. The molecule has 1 unspecified atom stereocenters. The minimum atomic E-state index is -0.787. The lowest BCUT2D eigenvalue weighted by molar-refractivity contribution is 0.0474. The van der Waals surface area contributed by atoms with Crippen molar-refractivity contribution in [3.05, 3.63) is 95.3 Å². The van der Waals surface area contributed by atoms with Crippen LogP contribution in [0.15, 0.2) is 78.0 Å². The van der Waals surface area contributed by atoms with Gasteiger partial charge < -0.3 is 14.7 Å². The molecular weight excluding hydrogens is 357 g/mol. The molecule has 3 aromatic carbocycles. The third-order valence-electron chi connectivity index (χ3n) is 5.17. The van der Waals surface area contributed by atoms with Gasteiger partial charge in [-0.25, -0.2) is 4.39 Å². The largest absolute Gasteiger partial charge is 0.457 e. The molecule has 0 heterocycles. The van der Waals surface area contributed by atoms with E-state index >= 15 is 0 Å². The summed E-state index contributed by atoms with van der Waals surface area (Å²) in [5.74, 6) is 0.928. The Morgan fingerprint density at radius 1 is 0.964 bits per heavy atom. The quantitative estimate of drug-likeness (QED) is 0.498.